The Hall–Kier alpha value is -2.84. The van der Waals surface area contributed by atoms with Crippen LogP contribution in [0.4, 0.5) is 5.82 Å². The fraction of sp³-hybridized carbons (Fsp3) is 0. The van der Waals surface area contributed by atoms with Gasteiger partial charge >= 0.3 is 0 Å². The van der Waals surface area contributed by atoms with Crippen molar-refractivity contribution in [3.05, 3.63) is 53.1 Å². The lowest BCUT2D eigenvalue weighted by molar-refractivity contribution is -0.115. The monoisotopic (exact) mass is 365 g/mol. The van der Waals surface area contributed by atoms with Crippen LogP contribution in [0.25, 0.3) is 28.5 Å². The molecule has 122 valence electrons. The van der Waals surface area contributed by atoms with Crippen LogP contribution in [0.1, 0.15) is 5.69 Å². The van der Waals surface area contributed by atoms with Crippen molar-refractivity contribution in [1.82, 2.24) is 20.3 Å². The number of para-hydroxylation sites is 2. The third-order valence-electron chi connectivity index (χ3n) is 3.53. The summed E-state index contributed by atoms with van der Waals surface area (Å²) in [5.41, 5.74) is 9.26. The molecule has 6 nitrogen and oxygen atoms in total. The molecule has 0 radical (unpaired) electrons. The summed E-state index contributed by atoms with van der Waals surface area (Å²) >= 11 is 6.20. The van der Waals surface area contributed by atoms with Gasteiger partial charge in [-0.15, -0.1) is 0 Å². The molecule has 0 atom stereocenters. The number of nitrogens with zero attached hydrogens (tertiary/aromatic N) is 3. The van der Waals surface area contributed by atoms with Crippen molar-refractivity contribution in [2.75, 3.05) is 5.73 Å². The number of thiocarbonyl (C=S) groups is 1. The number of aromatic nitrogens is 3. The number of anilines is 1. The van der Waals surface area contributed by atoms with Crippen molar-refractivity contribution in [1.29, 1.82) is 0 Å². The zero-order valence-electron chi connectivity index (χ0n) is 12.8. The van der Waals surface area contributed by atoms with E-state index >= 15 is 0 Å². The first kappa shape index (κ1) is 15.7. The Bertz CT molecular complexity index is 1060. The van der Waals surface area contributed by atoms with Gasteiger partial charge in [0, 0.05) is 0 Å². The molecule has 0 spiro atoms. The number of hydrogen-bond acceptors (Lipinski definition) is 7. The number of rotatable bonds is 2. The molecule has 1 amide bonds. The van der Waals surface area contributed by atoms with Crippen molar-refractivity contribution < 1.29 is 4.79 Å². The zero-order valence-corrected chi connectivity index (χ0v) is 14.4. The van der Waals surface area contributed by atoms with Gasteiger partial charge in [-0.25, -0.2) is 15.0 Å². The van der Waals surface area contributed by atoms with Gasteiger partial charge in [-0.2, -0.15) is 0 Å². The van der Waals surface area contributed by atoms with E-state index in [1.807, 2.05) is 36.4 Å². The third-order valence-corrected chi connectivity index (χ3v) is 4.69. The third kappa shape index (κ3) is 3.09. The average molecular weight is 365 g/mol. The van der Waals surface area contributed by atoms with Crippen LogP contribution in [0, 0.1) is 0 Å². The summed E-state index contributed by atoms with van der Waals surface area (Å²) in [5, 5.41) is 2.58. The van der Waals surface area contributed by atoms with E-state index in [0.29, 0.717) is 32.1 Å². The van der Waals surface area contributed by atoms with E-state index in [1.54, 1.807) is 12.1 Å². The fourth-order valence-corrected chi connectivity index (χ4v) is 3.45. The van der Waals surface area contributed by atoms with E-state index in [2.05, 4.69) is 20.3 Å². The lowest BCUT2D eigenvalue weighted by Gasteiger charge is -2.06. The molecule has 0 bridgehead atoms. The van der Waals surface area contributed by atoms with E-state index in [-0.39, 0.29) is 5.91 Å². The summed E-state index contributed by atoms with van der Waals surface area (Å²) in [4.78, 5) is 25.8. The molecule has 8 heteroatoms. The van der Waals surface area contributed by atoms with Gasteiger partial charge in [0.1, 0.15) is 10.0 Å². The summed E-state index contributed by atoms with van der Waals surface area (Å²) in [5.74, 6) is 0.0948. The highest BCUT2D eigenvalue weighted by molar-refractivity contribution is 8.26. The van der Waals surface area contributed by atoms with E-state index < -0.39 is 0 Å². The van der Waals surface area contributed by atoms with Gasteiger partial charge in [0.2, 0.25) is 0 Å². The highest BCUT2D eigenvalue weighted by atomic mass is 32.2. The molecule has 1 fully saturated rings. The van der Waals surface area contributed by atoms with E-state index in [0.717, 1.165) is 11.0 Å². The fourth-order valence-electron chi connectivity index (χ4n) is 2.42. The van der Waals surface area contributed by atoms with Crippen molar-refractivity contribution in [3.63, 3.8) is 0 Å². The van der Waals surface area contributed by atoms with Gasteiger partial charge < -0.3 is 11.1 Å². The first-order valence-corrected chi connectivity index (χ1v) is 8.57. The molecule has 2 aromatic heterocycles. The number of amides is 1. The Kier molecular flexibility index (Phi) is 3.90. The van der Waals surface area contributed by atoms with Crippen molar-refractivity contribution in [2.24, 2.45) is 0 Å². The number of carbonyl (C=O) groups is 1. The molecule has 1 aliphatic heterocycles. The number of nitrogens with one attached hydrogen (secondary N) is 1. The lowest BCUT2D eigenvalue weighted by Crippen LogP contribution is -2.17. The van der Waals surface area contributed by atoms with Crippen LogP contribution >= 0.6 is 24.0 Å². The number of nitrogen functional groups attached to an aromatic ring is 1. The molecule has 0 saturated carbocycles. The Labute approximate surface area is 152 Å². The largest absolute Gasteiger partial charge is 0.382 e. The van der Waals surface area contributed by atoms with Crippen LogP contribution in [0.2, 0.25) is 0 Å². The minimum absolute atomic E-state index is 0.216. The highest BCUT2D eigenvalue weighted by Crippen LogP contribution is 2.27. The SMILES string of the molecule is Nc1nc2ccccc2nc1-c1cccc(C=C2SC(=S)NC2=O)n1. The second kappa shape index (κ2) is 6.23. The molecule has 3 aromatic rings. The van der Waals surface area contributed by atoms with Crippen LogP contribution in [0.5, 0.6) is 0 Å². The van der Waals surface area contributed by atoms with Crippen LogP contribution < -0.4 is 11.1 Å². The lowest BCUT2D eigenvalue weighted by atomic mass is 10.2. The van der Waals surface area contributed by atoms with Gasteiger partial charge in [-0.1, -0.05) is 42.2 Å². The predicted molar refractivity (Wildman–Crippen MR) is 103 cm³/mol. The molecule has 1 saturated heterocycles. The molecule has 25 heavy (non-hydrogen) atoms. The molecular formula is C17H11N5OS2. The van der Waals surface area contributed by atoms with Crippen molar-refractivity contribution in [2.45, 2.75) is 0 Å². The van der Waals surface area contributed by atoms with Crippen LogP contribution in [0.3, 0.4) is 0 Å². The normalized spacial score (nSPS) is 15.8. The summed E-state index contributed by atoms with van der Waals surface area (Å²) in [6, 6.07) is 13.0. The first-order chi connectivity index (χ1) is 12.1. The Morgan fingerprint density at radius 1 is 1.04 bits per heavy atom. The van der Waals surface area contributed by atoms with Gasteiger partial charge in [0.05, 0.1) is 27.3 Å². The maximum absolute atomic E-state index is 11.8. The predicted octanol–water partition coefficient (Wildman–Crippen LogP) is 2.76. The van der Waals surface area contributed by atoms with Gasteiger partial charge in [-0.3, -0.25) is 4.79 Å². The smallest absolute Gasteiger partial charge is 0.263 e. The number of nitrogens with two attached hydrogens (primary N) is 1. The van der Waals surface area contributed by atoms with Gasteiger partial charge in [-0.05, 0) is 30.3 Å². The number of fused-ring (bicyclic) bond motifs is 1. The number of thioether (sulfide) groups is 1. The van der Waals surface area contributed by atoms with Crippen LogP contribution in [-0.2, 0) is 4.79 Å². The molecule has 3 heterocycles. The standard InChI is InChI=1S/C17H11N5OS2/c18-15-14(20-10-5-1-2-6-11(10)21-15)12-7-3-4-9(19-12)8-13-16(23)22-17(24)25-13/h1-8H,(H2,18,21)(H,22,23,24). The topological polar surface area (TPSA) is 93.8 Å². The number of benzene rings is 1. The minimum Gasteiger partial charge on any atom is -0.382 e. The number of pyridine rings is 1. The van der Waals surface area contributed by atoms with E-state index in [9.17, 15) is 4.79 Å². The van der Waals surface area contributed by atoms with E-state index in [4.69, 9.17) is 18.0 Å². The van der Waals surface area contributed by atoms with Crippen molar-refractivity contribution in [3.8, 4) is 11.4 Å². The Morgan fingerprint density at radius 2 is 1.80 bits per heavy atom. The van der Waals surface area contributed by atoms with E-state index in [1.165, 1.54) is 11.8 Å². The summed E-state index contributed by atoms with van der Waals surface area (Å²) < 4.78 is 0.442. The summed E-state index contributed by atoms with van der Waals surface area (Å²) in [6.45, 7) is 0. The van der Waals surface area contributed by atoms with Crippen molar-refractivity contribution >= 4 is 57.1 Å². The minimum atomic E-state index is -0.216. The Morgan fingerprint density at radius 3 is 2.52 bits per heavy atom. The maximum atomic E-state index is 11.8. The first-order valence-electron chi connectivity index (χ1n) is 7.35. The molecule has 1 aromatic carbocycles. The number of carbonyl (C=O) groups excluding carboxylic acids is 1. The molecule has 1 aliphatic rings. The second-order valence-corrected chi connectivity index (χ2v) is 6.96. The second-order valence-electron chi connectivity index (χ2n) is 5.25. The quantitative estimate of drug-likeness (QED) is 0.533. The highest BCUT2D eigenvalue weighted by Gasteiger charge is 2.22. The molecule has 3 N–H and O–H groups in total. The summed E-state index contributed by atoms with van der Waals surface area (Å²) in [6.07, 6.45) is 1.69. The molecule has 0 aliphatic carbocycles. The molecule has 4 rings (SSSR count). The summed E-state index contributed by atoms with van der Waals surface area (Å²) in [7, 11) is 0. The van der Waals surface area contributed by atoms with Crippen LogP contribution in [0.15, 0.2) is 47.4 Å². The maximum Gasteiger partial charge on any atom is 0.263 e. The average Bonchev–Trinajstić information content (AvgIpc) is 2.91. The number of hydrogen-bond donors (Lipinski definition) is 2. The Balaban J connectivity index is 1.77. The van der Waals surface area contributed by atoms with Gasteiger partial charge in [0.25, 0.3) is 5.91 Å². The molecular weight excluding hydrogens is 354 g/mol. The molecule has 0 unspecified atom stereocenters. The van der Waals surface area contributed by atoms with Crippen LogP contribution in [-0.4, -0.2) is 25.2 Å². The van der Waals surface area contributed by atoms with Gasteiger partial charge in [0.15, 0.2) is 5.82 Å². The zero-order chi connectivity index (χ0) is 17.4.